The summed E-state index contributed by atoms with van der Waals surface area (Å²) in [6, 6.07) is 6.02. The Bertz CT molecular complexity index is 603. The van der Waals surface area contributed by atoms with Crippen molar-refractivity contribution in [3.63, 3.8) is 0 Å². The van der Waals surface area contributed by atoms with Gasteiger partial charge in [0, 0.05) is 13.2 Å². The molecule has 1 atom stereocenters. The summed E-state index contributed by atoms with van der Waals surface area (Å²) in [5, 5.41) is 3.39. The van der Waals surface area contributed by atoms with Crippen molar-refractivity contribution in [2.45, 2.75) is 38.2 Å². The molecule has 1 fully saturated rings. The molecular weight excluding hydrogens is 326 g/mol. The molecule has 3 N–H and O–H groups in total. The number of nitrogens with one attached hydrogen (secondary N) is 3. The average molecular weight is 349 g/mol. The monoisotopic (exact) mass is 349 g/mol. The lowest BCUT2D eigenvalue weighted by atomic mass is 10.1. The minimum absolute atomic E-state index is 0.0554. The number of aryl methyl sites for hydroxylation is 2. The van der Waals surface area contributed by atoms with Crippen molar-refractivity contribution in [3.8, 4) is 5.75 Å². The van der Waals surface area contributed by atoms with Gasteiger partial charge in [-0.1, -0.05) is 6.07 Å². The lowest BCUT2D eigenvalue weighted by molar-refractivity contribution is -0.123. The third-order valence-corrected chi connectivity index (χ3v) is 4.52. The van der Waals surface area contributed by atoms with E-state index in [0.717, 1.165) is 38.0 Å². The minimum atomic E-state index is -0.281. The number of benzene rings is 1. The molecule has 1 saturated heterocycles. The summed E-state index contributed by atoms with van der Waals surface area (Å²) in [6.07, 6.45) is 5.74. The zero-order valence-electron chi connectivity index (χ0n) is 13.6. The van der Waals surface area contributed by atoms with Crippen LogP contribution in [0.2, 0.25) is 0 Å². The number of rotatable bonds is 5. The average Bonchev–Trinajstić information content (AvgIpc) is 3.26. The molecule has 0 aromatic heterocycles. The first-order valence-electron chi connectivity index (χ1n) is 8.39. The Balaban J connectivity index is 1.32. The fourth-order valence-corrected chi connectivity index (χ4v) is 3.14. The van der Waals surface area contributed by atoms with Crippen molar-refractivity contribution in [3.05, 3.63) is 29.3 Å². The van der Waals surface area contributed by atoms with Gasteiger partial charge in [0.1, 0.15) is 5.75 Å². The van der Waals surface area contributed by atoms with Crippen molar-refractivity contribution in [2.75, 3.05) is 19.8 Å². The first-order valence-corrected chi connectivity index (χ1v) is 8.80. The van der Waals surface area contributed by atoms with Crippen LogP contribution in [-0.4, -0.2) is 36.9 Å². The summed E-state index contributed by atoms with van der Waals surface area (Å²) in [7, 11) is 0. The molecule has 1 aromatic rings. The normalized spacial score (nSPS) is 18.8. The Labute approximate surface area is 147 Å². The fraction of sp³-hybridized carbons (Fsp3) is 0.529. The van der Waals surface area contributed by atoms with Crippen molar-refractivity contribution in [2.24, 2.45) is 0 Å². The first kappa shape index (κ1) is 17.0. The van der Waals surface area contributed by atoms with Gasteiger partial charge in [-0.25, -0.2) is 0 Å². The number of ether oxygens (including phenoxy) is 2. The van der Waals surface area contributed by atoms with Gasteiger partial charge in [-0.05, 0) is 67.6 Å². The summed E-state index contributed by atoms with van der Waals surface area (Å²) < 4.78 is 11.0. The van der Waals surface area contributed by atoms with E-state index in [-0.39, 0.29) is 18.6 Å². The fourth-order valence-electron chi connectivity index (χ4n) is 3.01. The molecule has 1 amide bonds. The number of hydrazine groups is 1. The highest BCUT2D eigenvalue weighted by Crippen LogP contribution is 2.25. The number of thiocarbonyl (C=S) groups is 1. The Morgan fingerprint density at radius 3 is 2.96 bits per heavy atom. The van der Waals surface area contributed by atoms with Crippen LogP contribution in [0, 0.1) is 0 Å². The van der Waals surface area contributed by atoms with Gasteiger partial charge in [0.25, 0.3) is 5.91 Å². The second kappa shape index (κ2) is 8.30. The summed E-state index contributed by atoms with van der Waals surface area (Å²) in [5.74, 6) is 0.446. The predicted molar refractivity (Wildman–Crippen MR) is 94.8 cm³/mol. The number of carbonyl (C=O) groups excluding carboxylic acids is 1. The Morgan fingerprint density at radius 2 is 2.12 bits per heavy atom. The van der Waals surface area contributed by atoms with Crippen LogP contribution in [0.1, 0.15) is 30.4 Å². The van der Waals surface area contributed by atoms with Crippen LogP contribution in [0.15, 0.2) is 18.2 Å². The molecule has 3 rings (SSSR count). The maximum Gasteiger partial charge on any atom is 0.276 e. The highest BCUT2D eigenvalue weighted by atomic mass is 32.1. The van der Waals surface area contributed by atoms with Gasteiger partial charge in [0.05, 0.1) is 6.10 Å². The Kier molecular flexibility index (Phi) is 5.87. The quantitative estimate of drug-likeness (QED) is 0.549. The highest BCUT2D eigenvalue weighted by Gasteiger charge is 2.15. The second-order valence-electron chi connectivity index (χ2n) is 6.09. The van der Waals surface area contributed by atoms with Crippen molar-refractivity contribution in [1.82, 2.24) is 16.2 Å². The van der Waals surface area contributed by atoms with E-state index in [2.05, 4.69) is 22.2 Å². The molecule has 6 nitrogen and oxygen atoms in total. The highest BCUT2D eigenvalue weighted by molar-refractivity contribution is 7.80. The maximum atomic E-state index is 11.8. The second-order valence-corrected chi connectivity index (χ2v) is 6.50. The molecular formula is C17H23N3O3S. The SMILES string of the molecule is O=C(COc1ccc2c(c1)CCC2)NNC(=S)NC[C@@H]1CCCO1. The van der Waals surface area contributed by atoms with Gasteiger partial charge in [0.2, 0.25) is 0 Å². The lowest BCUT2D eigenvalue weighted by Gasteiger charge is -2.14. The molecule has 7 heteroatoms. The van der Waals surface area contributed by atoms with Gasteiger partial charge in [0.15, 0.2) is 11.7 Å². The summed E-state index contributed by atoms with van der Waals surface area (Å²) >= 11 is 5.11. The van der Waals surface area contributed by atoms with E-state index in [0.29, 0.717) is 11.7 Å². The minimum Gasteiger partial charge on any atom is -0.484 e. The summed E-state index contributed by atoms with van der Waals surface area (Å²) in [4.78, 5) is 11.8. The van der Waals surface area contributed by atoms with Gasteiger partial charge in [-0.15, -0.1) is 0 Å². The van der Waals surface area contributed by atoms with Crippen molar-refractivity contribution >= 4 is 23.2 Å². The van der Waals surface area contributed by atoms with Crippen LogP contribution in [0.3, 0.4) is 0 Å². The van der Waals surface area contributed by atoms with Crippen molar-refractivity contribution in [1.29, 1.82) is 0 Å². The predicted octanol–water partition coefficient (Wildman–Crippen LogP) is 1.23. The van der Waals surface area contributed by atoms with E-state index in [9.17, 15) is 4.79 Å². The van der Waals surface area contributed by atoms with Gasteiger partial charge < -0.3 is 14.8 Å². The van der Waals surface area contributed by atoms with E-state index in [1.807, 2.05) is 12.1 Å². The topological polar surface area (TPSA) is 71.6 Å². The van der Waals surface area contributed by atoms with Gasteiger partial charge in [-0.2, -0.15) is 0 Å². The number of carbonyl (C=O) groups is 1. The number of amides is 1. The molecule has 24 heavy (non-hydrogen) atoms. The first-order chi connectivity index (χ1) is 11.7. The Morgan fingerprint density at radius 1 is 1.25 bits per heavy atom. The van der Waals surface area contributed by atoms with Crippen LogP contribution >= 0.6 is 12.2 Å². The zero-order chi connectivity index (χ0) is 16.8. The summed E-state index contributed by atoms with van der Waals surface area (Å²) in [6.45, 7) is 1.40. The van der Waals surface area contributed by atoms with E-state index in [1.54, 1.807) is 0 Å². The van der Waals surface area contributed by atoms with Gasteiger partial charge >= 0.3 is 0 Å². The van der Waals surface area contributed by atoms with Crippen LogP contribution in [0.25, 0.3) is 0 Å². The molecule has 1 aliphatic heterocycles. The summed E-state index contributed by atoms with van der Waals surface area (Å²) in [5.41, 5.74) is 7.90. The lowest BCUT2D eigenvalue weighted by Crippen LogP contribution is -2.49. The Hall–Kier alpha value is -1.86. The number of hydrogen-bond donors (Lipinski definition) is 3. The molecule has 0 unspecified atom stereocenters. The molecule has 1 aromatic carbocycles. The standard InChI is InChI=1S/C17H23N3O3S/c21-16(19-20-17(24)18-10-15-5-2-8-22-15)11-23-14-7-6-12-3-1-4-13(12)9-14/h6-7,9,15H,1-5,8,10-11H2,(H,19,21)(H2,18,20,24)/t15-/m0/s1. The smallest absolute Gasteiger partial charge is 0.276 e. The molecule has 2 aliphatic rings. The van der Waals surface area contributed by atoms with Crippen LogP contribution in [0.4, 0.5) is 0 Å². The van der Waals surface area contributed by atoms with Crippen LogP contribution in [0.5, 0.6) is 5.75 Å². The third kappa shape index (κ3) is 4.82. The number of fused-ring (bicyclic) bond motifs is 1. The molecule has 0 spiro atoms. The molecule has 1 heterocycles. The molecule has 1 aliphatic carbocycles. The maximum absolute atomic E-state index is 11.8. The largest absolute Gasteiger partial charge is 0.484 e. The van der Waals surface area contributed by atoms with Gasteiger partial charge in [-0.3, -0.25) is 15.6 Å². The van der Waals surface area contributed by atoms with Crippen molar-refractivity contribution < 1.29 is 14.3 Å². The molecule has 0 saturated carbocycles. The molecule has 130 valence electrons. The van der Waals surface area contributed by atoms with E-state index < -0.39 is 0 Å². The third-order valence-electron chi connectivity index (χ3n) is 4.27. The van der Waals surface area contributed by atoms with E-state index >= 15 is 0 Å². The van der Waals surface area contributed by atoms with Crippen LogP contribution in [-0.2, 0) is 22.4 Å². The van der Waals surface area contributed by atoms with E-state index in [1.165, 1.54) is 17.5 Å². The molecule has 0 bridgehead atoms. The van der Waals surface area contributed by atoms with E-state index in [4.69, 9.17) is 21.7 Å². The number of hydrogen-bond acceptors (Lipinski definition) is 4. The zero-order valence-corrected chi connectivity index (χ0v) is 14.4. The molecule has 0 radical (unpaired) electrons. The van der Waals surface area contributed by atoms with Crippen LogP contribution < -0.4 is 20.9 Å².